The Morgan fingerprint density at radius 3 is 2.74 bits per heavy atom. The van der Waals surface area contributed by atoms with Crippen LogP contribution in [-0.2, 0) is 10.2 Å². The Morgan fingerprint density at radius 2 is 1.91 bits per heavy atom. The lowest BCUT2D eigenvalue weighted by molar-refractivity contribution is -0.136. The number of benzene rings is 1. The summed E-state index contributed by atoms with van der Waals surface area (Å²) in [4.78, 5) is 15.9. The minimum absolute atomic E-state index is 0.0942. The van der Waals surface area contributed by atoms with Gasteiger partial charge in [0.05, 0.1) is 19.6 Å². The monoisotopic (exact) mass is 465 g/mol. The Bertz CT molecular complexity index is 1000. The van der Waals surface area contributed by atoms with Gasteiger partial charge in [0.15, 0.2) is 11.5 Å². The zero-order chi connectivity index (χ0) is 23.5. The van der Waals surface area contributed by atoms with E-state index in [9.17, 15) is 4.79 Å². The number of likely N-dealkylation sites (N-methyl/N-ethyl adjacent to an activating group) is 1. The number of hydrogen-bond acceptors (Lipinski definition) is 5. The maximum Gasteiger partial charge on any atom is 0.246 e. The molecule has 1 aromatic rings. The van der Waals surface area contributed by atoms with Crippen molar-refractivity contribution in [2.45, 2.75) is 75.7 Å². The second-order valence-electron chi connectivity index (χ2n) is 11.9. The maximum atomic E-state index is 13.4. The fourth-order valence-corrected chi connectivity index (χ4v) is 8.64. The number of amides is 1. The molecule has 1 saturated heterocycles. The Kier molecular flexibility index (Phi) is 5.43. The summed E-state index contributed by atoms with van der Waals surface area (Å²) in [7, 11) is 5.61. The van der Waals surface area contributed by atoms with E-state index in [0.717, 1.165) is 86.5 Å². The van der Waals surface area contributed by atoms with Crippen LogP contribution in [0.2, 0.25) is 0 Å². The standard InChI is InChI=1S/C28H39N3O3/c1-31-11-10-28(21-4-5-23(33-2)24(14-21)34-3)9-7-22(15-25(28)31)29-30-26(32)27-8-6-19-12-18(16-27)13-20(19)17-27/h4-5,14,18-20,25H,6-13,15-17H2,1-3H3,(H,30,32)/b29-22+/t18?,19?,20?,25-,27?,28-/m0/s1. The fraction of sp³-hybridized carbons (Fsp3) is 0.714. The molecular weight excluding hydrogens is 426 g/mol. The van der Waals surface area contributed by atoms with Gasteiger partial charge in [0.25, 0.3) is 0 Å². The van der Waals surface area contributed by atoms with Crippen LogP contribution in [0.1, 0.15) is 69.8 Å². The molecule has 6 rings (SSSR count). The van der Waals surface area contributed by atoms with Gasteiger partial charge in [-0.3, -0.25) is 4.79 Å². The molecule has 4 aliphatic carbocycles. The number of carbonyl (C=O) groups is 1. The third-order valence-corrected chi connectivity index (χ3v) is 10.4. The van der Waals surface area contributed by atoms with Gasteiger partial charge in [-0.1, -0.05) is 6.07 Å². The topological polar surface area (TPSA) is 63.2 Å². The normalized spacial score (nSPS) is 39.8. The van der Waals surface area contributed by atoms with Crippen molar-refractivity contribution >= 4 is 11.6 Å². The Labute approximate surface area is 203 Å². The van der Waals surface area contributed by atoms with E-state index in [2.05, 4.69) is 29.5 Å². The zero-order valence-electron chi connectivity index (χ0n) is 20.9. The number of ether oxygens (including phenoxy) is 2. The molecule has 1 amide bonds. The number of fused-ring (bicyclic) bond motifs is 3. The van der Waals surface area contributed by atoms with Gasteiger partial charge in [-0.2, -0.15) is 5.10 Å². The van der Waals surface area contributed by atoms with E-state index in [-0.39, 0.29) is 16.7 Å². The molecule has 3 bridgehead atoms. The predicted molar refractivity (Wildman–Crippen MR) is 132 cm³/mol. The van der Waals surface area contributed by atoms with E-state index >= 15 is 0 Å². The molecule has 6 heteroatoms. The lowest BCUT2D eigenvalue weighted by atomic mass is 9.61. The quantitative estimate of drug-likeness (QED) is 0.650. The molecule has 5 aliphatic rings. The van der Waals surface area contributed by atoms with Gasteiger partial charge in [-0.15, -0.1) is 0 Å². The predicted octanol–water partition coefficient (Wildman–Crippen LogP) is 4.52. The summed E-state index contributed by atoms with van der Waals surface area (Å²) in [5, 5.41) is 4.77. The second-order valence-corrected chi connectivity index (χ2v) is 11.9. The van der Waals surface area contributed by atoms with Gasteiger partial charge in [0, 0.05) is 23.6 Å². The Morgan fingerprint density at radius 1 is 1.09 bits per heavy atom. The molecule has 0 radical (unpaired) electrons. The van der Waals surface area contributed by atoms with Crippen LogP contribution in [0.4, 0.5) is 0 Å². The number of methoxy groups -OCH3 is 2. The van der Waals surface area contributed by atoms with Crippen molar-refractivity contribution in [3.63, 3.8) is 0 Å². The van der Waals surface area contributed by atoms with Crippen LogP contribution < -0.4 is 14.9 Å². The third kappa shape index (κ3) is 3.39. The second kappa shape index (κ2) is 8.25. The van der Waals surface area contributed by atoms with Crippen molar-refractivity contribution in [2.24, 2.45) is 28.3 Å². The summed E-state index contributed by atoms with van der Waals surface area (Å²) in [6, 6.07) is 6.80. The minimum Gasteiger partial charge on any atom is -0.493 e. The summed E-state index contributed by atoms with van der Waals surface area (Å²) in [5.41, 5.74) is 5.50. The number of hydrazone groups is 1. The first-order chi connectivity index (χ1) is 16.5. The average Bonchev–Trinajstić information content (AvgIpc) is 3.30. The number of carbonyl (C=O) groups excluding carboxylic acids is 1. The number of hydrogen-bond donors (Lipinski definition) is 1. The van der Waals surface area contributed by atoms with Crippen LogP contribution in [0.5, 0.6) is 11.5 Å². The minimum atomic E-state index is -0.146. The van der Waals surface area contributed by atoms with Gasteiger partial charge in [0.1, 0.15) is 0 Å². The molecule has 0 aromatic heterocycles. The van der Waals surface area contributed by atoms with Gasteiger partial charge >= 0.3 is 0 Å². The first kappa shape index (κ1) is 22.4. The highest BCUT2D eigenvalue weighted by Crippen LogP contribution is 2.60. The third-order valence-electron chi connectivity index (χ3n) is 10.4. The number of rotatable bonds is 5. The summed E-state index contributed by atoms with van der Waals surface area (Å²) in [5.74, 6) is 4.22. The number of likely N-dealkylation sites (tertiary alicyclic amines) is 1. The number of nitrogens with one attached hydrogen (secondary N) is 1. The molecule has 1 N–H and O–H groups in total. The highest BCUT2D eigenvalue weighted by atomic mass is 16.5. The van der Waals surface area contributed by atoms with Crippen molar-refractivity contribution in [1.82, 2.24) is 10.3 Å². The first-order valence-electron chi connectivity index (χ1n) is 13.2. The summed E-state index contributed by atoms with van der Waals surface area (Å²) in [6.45, 7) is 1.08. The molecule has 34 heavy (non-hydrogen) atoms. The molecule has 4 unspecified atom stereocenters. The number of nitrogens with zero attached hydrogens (tertiary/aromatic N) is 2. The van der Waals surface area contributed by atoms with Crippen LogP contribution in [-0.4, -0.2) is 50.4 Å². The van der Waals surface area contributed by atoms with E-state index in [1.54, 1.807) is 14.2 Å². The molecule has 6 nitrogen and oxygen atoms in total. The first-order valence-corrected chi connectivity index (χ1v) is 13.2. The highest BCUT2D eigenvalue weighted by molar-refractivity contribution is 5.89. The molecule has 1 aromatic carbocycles. The van der Waals surface area contributed by atoms with Gasteiger partial charge in [-0.25, -0.2) is 5.43 Å². The van der Waals surface area contributed by atoms with Crippen molar-refractivity contribution < 1.29 is 14.3 Å². The van der Waals surface area contributed by atoms with Crippen molar-refractivity contribution in [1.29, 1.82) is 0 Å². The molecule has 184 valence electrons. The molecule has 1 heterocycles. The average molecular weight is 466 g/mol. The van der Waals surface area contributed by atoms with E-state index in [1.165, 1.54) is 24.8 Å². The van der Waals surface area contributed by atoms with E-state index in [0.29, 0.717) is 6.04 Å². The molecule has 1 aliphatic heterocycles. The van der Waals surface area contributed by atoms with Crippen LogP contribution in [0, 0.1) is 23.2 Å². The van der Waals surface area contributed by atoms with Crippen molar-refractivity contribution in [3.8, 4) is 11.5 Å². The Balaban J connectivity index is 1.19. The van der Waals surface area contributed by atoms with Gasteiger partial charge < -0.3 is 14.4 Å². The summed E-state index contributed by atoms with van der Waals surface area (Å²) in [6.07, 6.45) is 11.2. The van der Waals surface area contributed by atoms with Crippen LogP contribution in [0.15, 0.2) is 23.3 Å². The largest absolute Gasteiger partial charge is 0.493 e. The molecule has 0 spiro atoms. The van der Waals surface area contributed by atoms with E-state index < -0.39 is 0 Å². The van der Waals surface area contributed by atoms with Crippen molar-refractivity contribution in [3.05, 3.63) is 23.8 Å². The SMILES string of the molecule is COc1ccc([C@@]23CC/C(=N\NC(=O)C45CCC6CC(CC6C4)C5)C[C@@H]2N(C)CC3)cc1OC. The molecule has 6 atom stereocenters. The maximum absolute atomic E-state index is 13.4. The van der Waals surface area contributed by atoms with E-state index in [1.807, 2.05) is 6.07 Å². The van der Waals surface area contributed by atoms with Crippen LogP contribution in [0.25, 0.3) is 0 Å². The molecular formula is C28H39N3O3. The van der Waals surface area contributed by atoms with Crippen LogP contribution in [0.3, 0.4) is 0 Å². The molecule has 4 saturated carbocycles. The van der Waals surface area contributed by atoms with Crippen molar-refractivity contribution in [2.75, 3.05) is 27.8 Å². The highest BCUT2D eigenvalue weighted by Gasteiger charge is 2.55. The van der Waals surface area contributed by atoms with Gasteiger partial charge in [0.2, 0.25) is 5.91 Å². The zero-order valence-corrected chi connectivity index (χ0v) is 20.9. The van der Waals surface area contributed by atoms with E-state index in [4.69, 9.17) is 14.6 Å². The Hall–Kier alpha value is -2.08. The smallest absolute Gasteiger partial charge is 0.246 e. The fourth-order valence-electron chi connectivity index (χ4n) is 8.64. The van der Waals surface area contributed by atoms with Crippen LogP contribution >= 0.6 is 0 Å². The van der Waals surface area contributed by atoms with Gasteiger partial charge in [-0.05, 0) is 107 Å². The lowest BCUT2D eigenvalue weighted by Crippen LogP contribution is -2.48. The lowest BCUT2D eigenvalue weighted by Gasteiger charge is -2.43. The molecule has 5 fully saturated rings. The summed E-state index contributed by atoms with van der Waals surface area (Å²) < 4.78 is 11.1. The summed E-state index contributed by atoms with van der Waals surface area (Å²) >= 11 is 0.